The Morgan fingerprint density at radius 2 is 1.84 bits per heavy atom. The van der Waals surface area contributed by atoms with Crippen LogP contribution in [0.25, 0.3) is 0 Å². The van der Waals surface area contributed by atoms with Gasteiger partial charge >= 0.3 is 0 Å². The Kier molecular flexibility index (Phi) is 6.29. The van der Waals surface area contributed by atoms with Crippen LogP contribution in [0.2, 0.25) is 0 Å². The molecule has 1 spiro atoms. The fourth-order valence-electron chi connectivity index (χ4n) is 4.45. The lowest BCUT2D eigenvalue weighted by molar-refractivity contribution is 0.151. The van der Waals surface area contributed by atoms with Crippen molar-refractivity contribution in [3.05, 3.63) is 65.5 Å². The highest BCUT2D eigenvalue weighted by Gasteiger charge is 2.43. The summed E-state index contributed by atoms with van der Waals surface area (Å²) in [6.07, 6.45) is 5.17. The van der Waals surface area contributed by atoms with Gasteiger partial charge in [0.1, 0.15) is 5.82 Å². The predicted molar refractivity (Wildman–Crippen MR) is 120 cm³/mol. The second-order valence-electron chi connectivity index (χ2n) is 8.53. The molecule has 0 radical (unpaired) electrons. The van der Waals surface area contributed by atoms with Crippen LogP contribution in [0.1, 0.15) is 36.8 Å². The number of likely N-dealkylation sites (tertiary alicyclic amines) is 1. The fraction of sp³-hybridized carbons (Fsp3) is 0.435. The lowest BCUT2D eigenvalue weighted by atomic mass is 9.68. The summed E-state index contributed by atoms with van der Waals surface area (Å²) in [5.74, 6) is 0.473. The first kappa shape index (κ1) is 21.8. The number of benzene rings is 2. The Bertz CT molecular complexity index is 1070. The highest BCUT2D eigenvalue weighted by molar-refractivity contribution is 7.89. The lowest BCUT2D eigenvalue weighted by Crippen LogP contribution is -2.42. The molecule has 1 heterocycles. The third-order valence-corrected chi connectivity index (χ3v) is 7.78. The SMILES string of the molecule is CN=C(NCc1cccc(S(=O)(=O)NCc2cccc(F)c2)c1)N1CCC2(CCC2)C1. The molecule has 2 N–H and O–H groups in total. The number of guanidine groups is 1. The van der Waals surface area contributed by atoms with Gasteiger partial charge < -0.3 is 10.2 Å². The van der Waals surface area contributed by atoms with Crippen molar-refractivity contribution in [1.29, 1.82) is 0 Å². The largest absolute Gasteiger partial charge is 0.352 e. The van der Waals surface area contributed by atoms with Crippen LogP contribution < -0.4 is 10.0 Å². The Hall–Kier alpha value is -2.45. The number of hydrogen-bond acceptors (Lipinski definition) is 3. The number of hydrogen-bond donors (Lipinski definition) is 2. The molecule has 0 bridgehead atoms. The first-order valence-corrected chi connectivity index (χ1v) is 12.2. The number of nitrogens with one attached hydrogen (secondary N) is 2. The topological polar surface area (TPSA) is 73.8 Å². The molecule has 2 aliphatic rings. The van der Waals surface area contributed by atoms with E-state index < -0.39 is 10.0 Å². The summed E-state index contributed by atoms with van der Waals surface area (Å²) in [6, 6.07) is 12.7. The molecular formula is C23H29FN4O2S. The maximum Gasteiger partial charge on any atom is 0.240 e. The highest BCUT2D eigenvalue weighted by Crippen LogP contribution is 2.47. The van der Waals surface area contributed by atoms with E-state index in [4.69, 9.17) is 0 Å². The van der Waals surface area contributed by atoms with E-state index in [0.717, 1.165) is 24.6 Å². The lowest BCUT2D eigenvalue weighted by Gasteiger charge is -2.38. The van der Waals surface area contributed by atoms with E-state index in [0.29, 0.717) is 17.5 Å². The van der Waals surface area contributed by atoms with Crippen molar-refractivity contribution < 1.29 is 12.8 Å². The van der Waals surface area contributed by atoms with Crippen molar-refractivity contribution in [3.8, 4) is 0 Å². The minimum Gasteiger partial charge on any atom is -0.352 e. The Balaban J connectivity index is 1.37. The molecule has 1 aliphatic heterocycles. The van der Waals surface area contributed by atoms with Gasteiger partial charge in [-0.1, -0.05) is 30.7 Å². The second kappa shape index (κ2) is 8.96. The van der Waals surface area contributed by atoms with Gasteiger partial charge in [0.05, 0.1) is 4.90 Å². The van der Waals surface area contributed by atoms with Crippen LogP contribution >= 0.6 is 0 Å². The van der Waals surface area contributed by atoms with Crippen LogP contribution in [0.15, 0.2) is 58.4 Å². The quantitative estimate of drug-likeness (QED) is 0.530. The van der Waals surface area contributed by atoms with Gasteiger partial charge in [0.15, 0.2) is 5.96 Å². The van der Waals surface area contributed by atoms with Crippen LogP contribution in [0.5, 0.6) is 0 Å². The number of nitrogens with zero attached hydrogens (tertiary/aromatic N) is 2. The Morgan fingerprint density at radius 3 is 2.48 bits per heavy atom. The van der Waals surface area contributed by atoms with Gasteiger partial charge in [0, 0.05) is 33.2 Å². The zero-order chi connectivity index (χ0) is 21.9. The molecule has 8 heteroatoms. The summed E-state index contributed by atoms with van der Waals surface area (Å²) in [5, 5.41) is 3.38. The van der Waals surface area contributed by atoms with Gasteiger partial charge in [-0.2, -0.15) is 0 Å². The van der Waals surface area contributed by atoms with E-state index in [1.165, 1.54) is 37.8 Å². The maximum atomic E-state index is 13.3. The summed E-state index contributed by atoms with van der Waals surface area (Å²) in [7, 11) is -1.92. The van der Waals surface area contributed by atoms with Gasteiger partial charge in [0.2, 0.25) is 10.0 Å². The van der Waals surface area contributed by atoms with E-state index in [-0.39, 0.29) is 17.3 Å². The normalized spacial score (nSPS) is 18.3. The molecule has 2 aromatic carbocycles. The molecule has 2 aromatic rings. The van der Waals surface area contributed by atoms with Crippen LogP contribution in [-0.2, 0) is 23.1 Å². The molecule has 0 atom stereocenters. The minimum atomic E-state index is -3.71. The highest BCUT2D eigenvalue weighted by atomic mass is 32.2. The molecule has 1 aliphatic carbocycles. The average molecular weight is 445 g/mol. The van der Waals surface area contributed by atoms with Gasteiger partial charge in [-0.25, -0.2) is 17.5 Å². The zero-order valence-corrected chi connectivity index (χ0v) is 18.6. The molecule has 31 heavy (non-hydrogen) atoms. The van der Waals surface area contributed by atoms with Crippen LogP contribution in [0.3, 0.4) is 0 Å². The van der Waals surface area contributed by atoms with E-state index in [1.54, 1.807) is 37.4 Å². The van der Waals surface area contributed by atoms with Gasteiger partial charge in [-0.05, 0) is 60.1 Å². The van der Waals surface area contributed by atoms with Gasteiger partial charge in [-0.15, -0.1) is 0 Å². The van der Waals surface area contributed by atoms with Crippen molar-refractivity contribution in [2.45, 2.75) is 43.7 Å². The zero-order valence-electron chi connectivity index (χ0n) is 17.8. The Labute approximate surface area is 183 Å². The number of halogens is 1. The maximum absolute atomic E-state index is 13.3. The smallest absolute Gasteiger partial charge is 0.240 e. The van der Waals surface area contributed by atoms with Crippen LogP contribution in [0, 0.1) is 11.2 Å². The van der Waals surface area contributed by atoms with E-state index in [1.807, 2.05) is 6.07 Å². The van der Waals surface area contributed by atoms with E-state index in [2.05, 4.69) is 19.9 Å². The standard InChI is InChI=1S/C23H29FN4O2S/c1-25-22(28-12-11-23(17-28)9-4-10-23)26-15-19-6-3-8-21(14-19)31(29,30)27-16-18-5-2-7-20(24)13-18/h2-3,5-8,13-14,27H,4,9-12,15-17H2,1H3,(H,25,26). The second-order valence-corrected chi connectivity index (χ2v) is 10.3. The average Bonchev–Trinajstić information content (AvgIpc) is 3.20. The molecule has 4 rings (SSSR count). The van der Waals surface area contributed by atoms with Crippen molar-refractivity contribution in [2.75, 3.05) is 20.1 Å². The third kappa shape index (κ3) is 5.07. The predicted octanol–water partition coefficient (Wildman–Crippen LogP) is 3.26. The van der Waals surface area contributed by atoms with E-state index in [9.17, 15) is 12.8 Å². The summed E-state index contributed by atoms with van der Waals surface area (Å²) < 4.78 is 41.3. The monoisotopic (exact) mass is 444 g/mol. The van der Waals surface area contributed by atoms with Gasteiger partial charge in [0.25, 0.3) is 0 Å². The van der Waals surface area contributed by atoms with Gasteiger partial charge in [-0.3, -0.25) is 4.99 Å². The summed E-state index contributed by atoms with van der Waals surface area (Å²) in [5.41, 5.74) is 1.91. The first-order valence-electron chi connectivity index (χ1n) is 10.7. The molecule has 0 aromatic heterocycles. The molecular weight excluding hydrogens is 415 g/mol. The minimum absolute atomic E-state index is 0.0337. The van der Waals surface area contributed by atoms with Crippen LogP contribution in [0.4, 0.5) is 4.39 Å². The fourth-order valence-corrected chi connectivity index (χ4v) is 5.53. The number of aliphatic imine (C=N–C) groups is 1. The van der Waals surface area contributed by atoms with Crippen molar-refractivity contribution >= 4 is 16.0 Å². The van der Waals surface area contributed by atoms with Crippen LogP contribution in [-0.4, -0.2) is 39.4 Å². The summed E-state index contributed by atoms with van der Waals surface area (Å²) >= 11 is 0. The van der Waals surface area contributed by atoms with E-state index >= 15 is 0 Å². The third-order valence-electron chi connectivity index (χ3n) is 6.38. The summed E-state index contributed by atoms with van der Waals surface area (Å²) in [6.45, 7) is 2.58. The molecule has 6 nitrogen and oxygen atoms in total. The molecule has 0 amide bonds. The molecule has 0 unspecified atom stereocenters. The van der Waals surface area contributed by atoms with Crippen molar-refractivity contribution in [2.24, 2.45) is 10.4 Å². The molecule has 1 saturated carbocycles. The number of rotatable bonds is 6. The molecule has 1 saturated heterocycles. The molecule has 2 fully saturated rings. The first-order chi connectivity index (χ1) is 14.9. The Morgan fingerprint density at radius 1 is 1.10 bits per heavy atom. The number of sulfonamides is 1. The van der Waals surface area contributed by atoms with Crippen molar-refractivity contribution in [3.63, 3.8) is 0 Å². The summed E-state index contributed by atoms with van der Waals surface area (Å²) in [4.78, 5) is 6.91. The van der Waals surface area contributed by atoms with Crippen molar-refractivity contribution in [1.82, 2.24) is 14.9 Å². The molecule has 166 valence electrons.